The molecule has 0 spiro atoms. The summed E-state index contributed by atoms with van der Waals surface area (Å²) in [5.74, 6) is -0.870. The highest BCUT2D eigenvalue weighted by molar-refractivity contribution is 7.89. The first-order valence-corrected chi connectivity index (χ1v) is 6.77. The summed E-state index contributed by atoms with van der Waals surface area (Å²) in [6.07, 6.45) is 3.92. The second-order valence-corrected chi connectivity index (χ2v) is 5.57. The van der Waals surface area contributed by atoms with Crippen LogP contribution in [0.5, 0.6) is 0 Å². The minimum Gasteiger partial charge on any atom is -0.481 e. The van der Waals surface area contributed by atoms with Gasteiger partial charge >= 0.3 is 5.97 Å². The molecule has 1 atom stereocenters. The van der Waals surface area contributed by atoms with Crippen LogP contribution in [0, 0.1) is 0 Å². The van der Waals surface area contributed by atoms with E-state index in [9.17, 15) is 13.2 Å². The van der Waals surface area contributed by atoms with Crippen molar-refractivity contribution in [3.05, 3.63) is 18.5 Å². The van der Waals surface area contributed by atoms with Crippen LogP contribution in [-0.2, 0) is 14.8 Å². The zero-order valence-corrected chi connectivity index (χ0v) is 10.3. The van der Waals surface area contributed by atoms with Crippen LogP contribution in [0.4, 0.5) is 0 Å². The number of carboxylic acid groups (broad SMARTS) is 1. The molecule has 0 bridgehead atoms. The summed E-state index contributed by atoms with van der Waals surface area (Å²) in [5, 5.41) is 8.47. The fraction of sp³-hybridized carbons (Fsp3) is 0.500. The third kappa shape index (κ3) is 4.58. The first-order valence-electron chi connectivity index (χ1n) is 5.29. The van der Waals surface area contributed by atoms with Gasteiger partial charge in [-0.1, -0.05) is 0 Å². The quantitative estimate of drug-likeness (QED) is 0.679. The molecular weight excluding hydrogens is 244 g/mol. The molecule has 0 amide bonds. The molecule has 1 aromatic rings. The van der Waals surface area contributed by atoms with Crippen LogP contribution < -0.4 is 4.72 Å². The van der Waals surface area contributed by atoms with Gasteiger partial charge in [-0.05, 0) is 25.8 Å². The number of hydrogen-bond donors (Lipinski definition) is 3. The number of aromatic nitrogens is 1. The van der Waals surface area contributed by atoms with Crippen molar-refractivity contribution < 1.29 is 18.3 Å². The van der Waals surface area contributed by atoms with Crippen LogP contribution in [0.2, 0.25) is 0 Å². The van der Waals surface area contributed by atoms with Crippen molar-refractivity contribution in [1.82, 2.24) is 9.71 Å². The fourth-order valence-electron chi connectivity index (χ4n) is 1.43. The van der Waals surface area contributed by atoms with Crippen LogP contribution in [0.3, 0.4) is 0 Å². The van der Waals surface area contributed by atoms with Gasteiger partial charge in [0.25, 0.3) is 0 Å². The number of carbonyl (C=O) groups is 1. The Balaban J connectivity index is 2.46. The summed E-state index contributed by atoms with van der Waals surface area (Å²) >= 11 is 0. The first kappa shape index (κ1) is 13.7. The highest BCUT2D eigenvalue weighted by Gasteiger charge is 2.17. The van der Waals surface area contributed by atoms with Gasteiger partial charge in [-0.15, -0.1) is 0 Å². The molecule has 1 aromatic heterocycles. The van der Waals surface area contributed by atoms with Crippen molar-refractivity contribution in [2.45, 2.75) is 37.1 Å². The van der Waals surface area contributed by atoms with Crippen molar-refractivity contribution in [2.75, 3.05) is 0 Å². The van der Waals surface area contributed by atoms with E-state index in [1.165, 1.54) is 18.5 Å². The Labute approximate surface area is 100 Å². The van der Waals surface area contributed by atoms with Gasteiger partial charge in [-0.3, -0.25) is 4.79 Å². The van der Waals surface area contributed by atoms with E-state index >= 15 is 0 Å². The largest absolute Gasteiger partial charge is 0.481 e. The van der Waals surface area contributed by atoms with E-state index in [1.54, 1.807) is 6.92 Å². The smallest absolute Gasteiger partial charge is 0.303 e. The van der Waals surface area contributed by atoms with Crippen LogP contribution in [0.25, 0.3) is 0 Å². The monoisotopic (exact) mass is 260 g/mol. The van der Waals surface area contributed by atoms with Crippen LogP contribution in [0.1, 0.15) is 26.2 Å². The molecule has 0 saturated heterocycles. The zero-order chi connectivity index (χ0) is 12.9. The second-order valence-electron chi connectivity index (χ2n) is 3.86. The van der Waals surface area contributed by atoms with Gasteiger partial charge < -0.3 is 10.1 Å². The average molecular weight is 260 g/mol. The van der Waals surface area contributed by atoms with Gasteiger partial charge in [0.1, 0.15) is 0 Å². The van der Waals surface area contributed by atoms with Crippen molar-refractivity contribution in [3.63, 3.8) is 0 Å². The van der Waals surface area contributed by atoms with E-state index in [0.29, 0.717) is 12.8 Å². The standard InChI is InChI=1S/C10H16N2O4S/c1-8(3-2-4-10(13)14)12-17(15,16)9-5-6-11-7-9/h5-8,11-12H,2-4H2,1H3,(H,13,14). The fourth-order valence-corrected chi connectivity index (χ4v) is 2.68. The first-order chi connectivity index (χ1) is 7.92. The van der Waals surface area contributed by atoms with Crippen LogP contribution in [0.15, 0.2) is 23.4 Å². The van der Waals surface area contributed by atoms with E-state index < -0.39 is 16.0 Å². The number of sulfonamides is 1. The Morgan fingerprint density at radius 1 is 1.59 bits per heavy atom. The summed E-state index contributed by atoms with van der Waals surface area (Å²) in [6.45, 7) is 1.71. The molecule has 1 unspecified atom stereocenters. The molecule has 0 radical (unpaired) electrons. The number of carboxylic acids is 1. The number of hydrogen-bond acceptors (Lipinski definition) is 3. The number of aliphatic carboxylic acids is 1. The number of nitrogens with one attached hydrogen (secondary N) is 2. The van der Waals surface area contributed by atoms with Crippen molar-refractivity contribution in [3.8, 4) is 0 Å². The van der Waals surface area contributed by atoms with Gasteiger partial charge in [0.05, 0.1) is 4.90 Å². The Morgan fingerprint density at radius 2 is 2.29 bits per heavy atom. The van der Waals surface area contributed by atoms with Crippen molar-refractivity contribution >= 4 is 16.0 Å². The molecule has 3 N–H and O–H groups in total. The average Bonchev–Trinajstić information content (AvgIpc) is 2.68. The van der Waals surface area contributed by atoms with Crippen molar-refractivity contribution in [2.24, 2.45) is 0 Å². The molecule has 96 valence electrons. The molecule has 1 rings (SSSR count). The Kier molecular flexibility index (Phi) is 4.71. The minimum atomic E-state index is -3.50. The van der Waals surface area contributed by atoms with Gasteiger partial charge in [0, 0.05) is 24.9 Å². The predicted molar refractivity (Wildman–Crippen MR) is 62.1 cm³/mol. The SMILES string of the molecule is CC(CCCC(=O)O)NS(=O)(=O)c1cc[nH]c1. The van der Waals surface area contributed by atoms with Crippen LogP contribution in [-0.4, -0.2) is 30.5 Å². The van der Waals surface area contributed by atoms with E-state index in [1.807, 2.05) is 0 Å². The summed E-state index contributed by atoms with van der Waals surface area (Å²) < 4.78 is 26.0. The number of aromatic amines is 1. The Bertz CT molecular complexity index is 453. The van der Waals surface area contributed by atoms with E-state index in [-0.39, 0.29) is 17.4 Å². The lowest BCUT2D eigenvalue weighted by Crippen LogP contribution is -2.32. The summed E-state index contributed by atoms with van der Waals surface area (Å²) in [5.41, 5.74) is 0. The predicted octanol–water partition coefficient (Wildman–Crippen LogP) is 0.936. The highest BCUT2D eigenvalue weighted by Crippen LogP contribution is 2.09. The maximum Gasteiger partial charge on any atom is 0.303 e. The topological polar surface area (TPSA) is 99.3 Å². The highest BCUT2D eigenvalue weighted by atomic mass is 32.2. The normalized spacial score (nSPS) is 13.5. The minimum absolute atomic E-state index is 0.0518. The van der Waals surface area contributed by atoms with Crippen LogP contribution >= 0.6 is 0 Å². The molecule has 0 fully saturated rings. The Morgan fingerprint density at radius 3 is 2.82 bits per heavy atom. The van der Waals surface area contributed by atoms with E-state index in [0.717, 1.165) is 0 Å². The molecule has 0 aliphatic rings. The molecule has 6 nitrogen and oxygen atoms in total. The maximum absolute atomic E-state index is 11.8. The lowest BCUT2D eigenvalue weighted by Gasteiger charge is -2.12. The maximum atomic E-state index is 11.8. The summed E-state index contributed by atoms with van der Waals surface area (Å²) in [6, 6.07) is 1.18. The molecule has 0 aliphatic heterocycles. The summed E-state index contributed by atoms with van der Waals surface area (Å²) in [7, 11) is -3.50. The number of rotatable bonds is 7. The molecule has 1 heterocycles. The Hall–Kier alpha value is -1.34. The third-order valence-corrected chi connectivity index (χ3v) is 3.85. The summed E-state index contributed by atoms with van der Waals surface area (Å²) in [4.78, 5) is 13.2. The van der Waals surface area contributed by atoms with E-state index in [2.05, 4.69) is 9.71 Å². The molecule has 7 heteroatoms. The second kappa shape index (κ2) is 5.83. The molecule has 0 aromatic carbocycles. The molecule has 17 heavy (non-hydrogen) atoms. The third-order valence-electron chi connectivity index (χ3n) is 2.26. The van der Waals surface area contributed by atoms with Gasteiger partial charge in [-0.2, -0.15) is 0 Å². The number of H-pyrrole nitrogens is 1. The lowest BCUT2D eigenvalue weighted by molar-refractivity contribution is -0.137. The van der Waals surface area contributed by atoms with Gasteiger partial charge in [0.15, 0.2) is 0 Å². The lowest BCUT2D eigenvalue weighted by atomic mass is 10.1. The van der Waals surface area contributed by atoms with Crippen molar-refractivity contribution in [1.29, 1.82) is 0 Å². The van der Waals surface area contributed by atoms with Gasteiger partial charge in [-0.25, -0.2) is 13.1 Å². The van der Waals surface area contributed by atoms with E-state index in [4.69, 9.17) is 5.11 Å². The molecule has 0 saturated carbocycles. The molecule has 0 aliphatic carbocycles. The molecular formula is C10H16N2O4S. The van der Waals surface area contributed by atoms with Gasteiger partial charge in [0.2, 0.25) is 10.0 Å². The zero-order valence-electron chi connectivity index (χ0n) is 9.51.